The van der Waals surface area contributed by atoms with Gasteiger partial charge in [-0.3, -0.25) is 4.79 Å². The van der Waals surface area contributed by atoms with E-state index in [-0.39, 0.29) is 11.2 Å². The third kappa shape index (κ3) is 3.61. The van der Waals surface area contributed by atoms with Crippen LogP contribution in [0.1, 0.15) is 47.3 Å². The molecule has 42 heavy (non-hydrogen) atoms. The molecule has 3 aliphatic rings. The molecule has 3 aliphatic carbocycles. The van der Waals surface area contributed by atoms with E-state index in [4.69, 9.17) is 0 Å². The zero-order valence-corrected chi connectivity index (χ0v) is 23.8. The summed E-state index contributed by atoms with van der Waals surface area (Å²) < 4.78 is 0. The number of ketones is 1. The Kier molecular flexibility index (Phi) is 5.49. The average molecular weight is 542 g/mol. The molecule has 2 heteroatoms. The first-order valence-electron chi connectivity index (χ1n) is 14.8. The molecule has 0 fully saturated rings. The van der Waals surface area contributed by atoms with E-state index < -0.39 is 0 Å². The van der Waals surface area contributed by atoms with E-state index in [0.29, 0.717) is 5.92 Å². The first kappa shape index (κ1) is 24.8. The Morgan fingerprint density at radius 2 is 1.36 bits per heavy atom. The summed E-state index contributed by atoms with van der Waals surface area (Å²) in [5.41, 5.74) is 12.9. The van der Waals surface area contributed by atoms with Crippen molar-refractivity contribution in [2.24, 2.45) is 5.92 Å². The van der Waals surface area contributed by atoms with Crippen molar-refractivity contribution in [3.8, 4) is 22.3 Å². The molecule has 2 bridgehead atoms. The molecule has 0 N–H and O–H groups in total. The lowest BCUT2D eigenvalue weighted by Gasteiger charge is -2.42. The lowest BCUT2D eigenvalue weighted by atomic mass is 9.62. The molecule has 0 saturated carbocycles. The molecule has 8 rings (SSSR count). The number of rotatable bonds is 4. The van der Waals surface area contributed by atoms with Crippen molar-refractivity contribution < 1.29 is 4.79 Å². The highest BCUT2D eigenvalue weighted by Gasteiger charge is 2.39. The maximum atomic E-state index is 14.1. The third-order valence-corrected chi connectivity index (χ3v) is 9.51. The van der Waals surface area contributed by atoms with Crippen LogP contribution in [0.4, 0.5) is 17.1 Å². The van der Waals surface area contributed by atoms with Gasteiger partial charge in [0, 0.05) is 16.8 Å². The molecule has 0 aromatic heterocycles. The molecule has 1 atom stereocenters. The highest BCUT2D eigenvalue weighted by molar-refractivity contribution is 6.25. The Labute approximate surface area is 247 Å². The van der Waals surface area contributed by atoms with Crippen LogP contribution < -0.4 is 4.90 Å². The predicted molar refractivity (Wildman–Crippen MR) is 174 cm³/mol. The van der Waals surface area contributed by atoms with Crippen LogP contribution in [0.3, 0.4) is 0 Å². The number of benzene rings is 5. The van der Waals surface area contributed by atoms with Gasteiger partial charge in [0.05, 0.1) is 16.9 Å². The molecule has 0 aliphatic heterocycles. The summed E-state index contributed by atoms with van der Waals surface area (Å²) >= 11 is 0. The van der Waals surface area contributed by atoms with E-state index in [1.165, 1.54) is 16.7 Å². The summed E-state index contributed by atoms with van der Waals surface area (Å²) in [6, 6.07) is 40.2. The van der Waals surface area contributed by atoms with Crippen LogP contribution in [-0.4, -0.2) is 5.78 Å². The summed E-state index contributed by atoms with van der Waals surface area (Å²) in [4.78, 5) is 16.4. The van der Waals surface area contributed by atoms with Gasteiger partial charge in [0.1, 0.15) is 0 Å². The molecule has 0 saturated heterocycles. The smallest absolute Gasteiger partial charge is 0.196 e. The Morgan fingerprint density at radius 1 is 0.667 bits per heavy atom. The maximum absolute atomic E-state index is 14.1. The SMILES string of the molecule is CC1(C)c2cc(N(c3ccccc3-c3ccccc3)c3cccc4c3C(=O)c3ccccc3-4)ccc2C2=CC=CC1C2. The van der Waals surface area contributed by atoms with Gasteiger partial charge in [-0.1, -0.05) is 123 Å². The van der Waals surface area contributed by atoms with E-state index >= 15 is 0 Å². The van der Waals surface area contributed by atoms with Gasteiger partial charge in [0.25, 0.3) is 0 Å². The Balaban J connectivity index is 1.40. The number of anilines is 3. The summed E-state index contributed by atoms with van der Waals surface area (Å²) in [6.45, 7) is 4.74. The van der Waals surface area contributed by atoms with E-state index in [1.807, 2.05) is 18.2 Å². The number of nitrogens with zero attached hydrogens (tertiary/aromatic N) is 1. The number of hydrogen-bond donors (Lipinski definition) is 0. The fraction of sp³-hybridized carbons (Fsp3) is 0.125. The van der Waals surface area contributed by atoms with Crippen molar-refractivity contribution in [1.82, 2.24) is 0 Å². The molecule has 5 aromatic rings. The van der Waals surface area contributed by atoms with E-state index in [0.717, 1.165) is 56.9 Å². The monoisotopic (exact) mass is 541 g/mol. The van der Waals surface area contributed by atoms with Crippen LogP contribution in [-0.2, 0) is 5.41 Å². The highest BCUT2D eigenvalue weighted by Crippen LogP contribution is 2.52. The minimum absolute atomic E-state index is 0.0189. The number of para-hydroxylation sites is 1. The Morgan fingerprint density at radius 3 is 2.19 bits per heavy atom. The lowest BCUT2D eigenvalue weighted by Crippen LogP contribution is -2.33. The van der Waals surface area contributed by atoms with Crippen molar-refractivity contribution >= 4 is 28.4 Å². The van der Waals surface area contributed by atoms with Gasteiger partial charge in [-0.25, -0.2) is 0 Å². The number of fused-ring (bicyclic) bond motifs is 7. The van der Waals surface area contributed by atoms with Crippen molar-refractivity contribution in [3.63, 3.8) is 0 Å². The predicted octanol–water partition coefficient (Wildman–Crippen LogP) is 10.3. The normalized spacial score (nSPS) is 17.2. The summed E-state index contributed by atoms with van der Waals surface area (Å²) in [7, 11) is 0. The molecule has 2 nitrogen and oxygen atoms in total. The van der Waals surface area contributed by atoms with Crippen LogP contribution in [0.5, 0.6) is 0 Å². The average Bonchev–Trinajstić information content (AvgIpc) is 3.34. The van der Waals surface area contributed by atoms with Gasteiger partial charge >= 0.3 is 0 Å². The first-order valence-corrected chi connectivity index (χ1v) is 14.8. The minimum Gasteiger partial charge on any atom is -0.309 e. The molecule has 0 spiro atoms. The molecule has 1 unspecified atom stereocenters. The molecule has 0 radical (unpaired) electrons. The van der Waals surface area contributed by atoms with E-state index in [1.54, 1.807) is 0 Å². The zero-order chi connectivity index (χ0) is 28.4. The number of carbonyl (C=O) groups is 1. The maximum Gasteiger partial charge on any atom is 0.196 e. The van der Waals surface area contributed by atoms with Crippen LogP contribution in [0.15, 0.2) is 133 Å². The lowest BCUT2D eigenvalue weighted by molar-refractivity contribution is 0.104. The van der Waals surface area contributed by atoms with Gasteiger partial charge in [0.15, 0.2) is 5.78 Å². The molecular weight excluding hydrogens is 510 g/mol. The second-order valence-electron chi connectivity index (χ2n) is 12.1. The fourth-order valence-electron chi connectivity index (χ4n) is 7.24. The van der Waals surface area contributed by atoms with Crippen molar-refractivity contribution in [2.45, 2.75) is 25.7 Å². The van der Waals surface area contributed by atoms with Gasteiger partial charge < -0.3 is 4.90 Å². The van der Waals surface area contributed by atoms with Crippen LogP contribution in [0.25, 0.3) is 27.8 Å². The van der Waals surface area contributed by atoms with Gasteiger partial charge in [0.2, 0.25) is 0 Å². The fourth-order valence-corrected chi connectivity index (χ4v) is 7.24. The van der Waals surface area contributed by atoms with Gasteiger partial charge in [-0.2, -0.15) is 0 Å². The first-order chi connectivity index (χ1) is 20.5. The van der Waals surface area contributed by atoms with Crippen molar-refractivity contribution in [1.29, 1.82) is 0 Å². The largest absolute Gasteiger partial charge is 0.309 e. The van der Waals surface area contributed by atoms with Crippen LogP contribution >= 0.6 is 0 Å². The van der Waals surface area contributed by atoms with Gasteiger partial charge in [-0.05, 0) is 75.4 Å². The number of hydrogen-bond acceptors (Lipinski definition) is 2. The molecule has 5 aromatic carbocycles. The molecule has 0 heterocycles. The van der Waals surface area contributed by atoms with Crippen LogP contribution in [0, 0.1) is 5.92 Å². The minimum atomic E-state index is -0.0189. The summed E-state index contributed by atoms with van der Waals surface area (Å²) in [5.74, 6) is 0.545. The molecule has 0 amide bonds. The second-order valence-corrected chi connectivity index (χ2v) is 12.1. The standard InChI is InChI=1S/C40H31NO/c1-40(2)28-15-10-14-27(24-28)30-23-22-29(25-35(30)40)41(36-20-9-8-16-31(36)26-12-4-3-5-13-26)37-21-11-19-33-32-17-6-7-18-34(32)39(42)38(33)37/h3-23,25,28H,24H2,1-2H3. The summed E-state index contributed by atoms with van der Waals surface area (Å²) in [6.07, 6.45) is 7.94. The van der Waals surface area contributed by atoms with Crippen molar-refractivity contribution in [2.75, 3.05) is 4.90 Å². The van der Waals surface area contributed by atoms with Crippen LogP contribution in [0.2, 0.25) is 0 Å². The van der Waals surface area contributed by atoms with E-state index in [2.05, 4.69) is 134 Å². The topological polar surface area (TPSA) is 20.3 Å². The molecular formula is C40H31NO. The summed E-state index contributed by atoms with van der Waals surface area (Å²) in [5, 5.41) is 0. The zero-order valence-electron chi connectivity index (χ0n) is 23.8. The molecule has 202 valence electrons. The van der Waals surface area contributed by atoms with Gasteiger partial charge in [-0.15, -0.1) is 0 Å². The highest BCUT2D eigenvalue weighted by atomic mass is 16.1. The third-order valence-electron chi connectivity index (χ3n) is 9.51. The number of carbonyl (C=O) groups excluding carboxylic acids is 1. The van der Waals surface area contributed by atoms with Crippen molar-refractivity contribution in [3.05, 3.63) is 156 Å². The number of allylic oxidation sites excluding steroid dienone is 4. The second kappa shape index (κ2) is 9.29. The Bertz CT molecular complexity index is 1960. The van der Waals surface area contributed by atoms with E-state index in [9.17, 15) is 4.79 Å². The quantitative estimate of drug-likeness (QED) is 0.221. The Hall–Kier alpha value is -4.95.